The van der Waals surface area contributed by atoms with Crippen LogP contribution in [0.5, 0.6) is 0 Å². The second-order valence-electron chi connectivity index (χ2n) is 9.04. The fourth-order valence-corrected chi connectivity index (χ4v) is 6.18. The number of alkyl halides is 6. The number of carbonyl (C=O) groups excluding carboxylic acids is 1. The smallest absolute Gasteiger partial charge is 0.352 e. The first-order valence-corrected chi connectivity index (χ1v) is 12.3. The molecule has 1 unspecified atom stereocenters. The van der Waals surface area contributed by atoms with Crippen LogP contribution in [0, 0.1) is 5.82 Å². The molecule has 14 heteroatoms. The molecule has 3 aliphatic rings. The Bertz CT molecular complexity index is 1300. The van der Waals surface area contributed by atoms with Gasteiger partial charge in [0.1, 0.15) is 18.1 Å². The lowest BCUT2D eigenvalue weighted by atomic mass is 9.84. The summed E-state index contributed by atoms with van der Waals surface area (Å²) in [6.07, 6.45) is -13.5. The predicted molar refractivity (Wildman–Crippen MR) is 123 cm³/mol. The minimum Gasteiger partial charge on any atom is -0.352 e. The van der Waals surface area contributed by atoms with Crippen molar-refractivity contribution >= 4 is 46.6 Å². The van der Waals surface area contributed by atoms with Crippen LogP contribution in [-0.4, -0.2) is 36.9 Å². The summed E-state index contributed by atoms with van der Waals surface area (Å²) >= 11 is 11.7. The number of nitrogens with one attached hydrogen (secondary N) is 1. The van der Waals surface area contributed by atoms with Gasteiger partial charge in [0.05, 0.1) is 15.8 Å². The number of fused-ring (bicyclic) bond motifs is 2. The van der Waals surface area contributed by atoms with E-state index in [1.54, 1.807) is 6.07 Å². The van der Waals surface area contributed by atoms with Crippen molar-refractivity contribution in [2.24, 2.45) is 4.40 Å². The molecule has 0 radical (unpaired) electrons. The fourth-order valence-electron chi connectivity index (χ4n) is 4.73. The van der Waals surface area contributed by atoms with Gasteiger partial charge < -0.3 is 10.1 Å². The van der Waals surface area contributed by atoms with E-state index in [2.05, 4.69) is 9.71 Å². The van der Waals surface area contributed by atoms with Gasteiger partial charge in [-0.2, -0.15) is 26.3 Å². The molecule has 2 aromatic rings. The monoisotopic (exact) mass is 586 g/mol. The Hall–Kier alpha value is -1.86. The average Bonchev–Trinajstić information content (AvgIpc) is 3.36. The van der Waals surface area contributed by atoms with Gasteiger partial charge in [-0.25, -0.2) is 8.79 Å². The summed E-state index contributed by atoms with van der Waals surface area (Å²) < 4.78 is 103. The third kappa shape index (κ3) is 4.44. The van der Waals surface area contributed by atoms with Crippen molar-refractivity contribution in [2.45, 2.75) is 41.6 Å². The summed E-state index contributed by atoms with van der Waals surface area (Å²) in [6.45, 7) is 0.546. The lowest BCUT2D eigenvalue weighted by Gasteiger charge is -2.39. The zero-order chi connectivity index (χ0) is 27.0. The Kier molecular flexibility index (Phi) is 6.38. The highest BCUT2D eigenvalue weighted by Gasteiger charge is 2.60. The molecule has 4 nitrogen and oxygen atoms in total. The molecule has 3 aliphatic heterocycles. The summed E-state index contributed by atoms with van der Waals surface area (Å²) in [6, 6.07) is 6.08. The van der Waals surface area contributed by atoms with E-state index in [9.17, 15) is 35.5 Å². The van der Waals surface area contributed by atoms with Crippen LogP contribution in [0.1, 0.15) is 41.2 Å². The number of nitrogens with zero attached hydrogens (tertiary/aromatic N) is 1. The quantitative estimate of drug-likeness (QED) is 0.242. The van der Waals surface area contributed by atoms with Crippen LogP contribution in [0.15, 0.2) is 34.7 Å². The molecule has 0 amide bonds. The van der Waals surface area contributed by atoms with Gasteiger partial charge in [0, 0.05) is 19.5 Å². The molecule has 37 heavy (non-hydrogen) atoms. The molecule has 0 saturated carbocycles. The van der Waals surface area contributed by atoms with E-state index >= 15 is 0 Å². The van der Waals surface area contributed by atoms with Crippen molar-refractivity contribution in [3.05, 3.63) is 68.4 Å². The second-order valence-corrected chi connectivity index (χ2v) is 10.9. The van der Waals surface area contributed by atoms with Crippen molar-refractivity contribution < 1.29 is 40.3 Å². The first kappa shape index (κ1) is 26.7. The Balaban J connectivity index is 1.52. The zero-order valence-corrected chi connectivity index (χ0v) is 20.7. The third-order valence-electron chi connectivity index (χ3n) is 6.63. The third-order valence-corrected chi connectivity index (χ3v) is 8.41. The molecule has 198 valence electrons. The number of hydrogen-bond donors (Lipinski definition) is 1. The predicted octanol–water partition coefficient (Wildman–Crippen LogP) is 6.82. The lowest BCUT2D eigenvalue weighted by Crippen LogP contribution is -2.57. The molecule has 1 fully saturated rings. The Morgan fingerprint density at radius 3 is 2.30 bits per heavy atom. The minimum atomic E-state index is -4.86. The van der Waals surface area contributed by atoms with Crippen LogP contribution < -0.4 is 5.32 Å². The van der Waals surface area contributed by atoms with Crippen molar-refractivity contribution in [1.82, 2.24) is 5.32 Å². The largest absolute Gasteiger partial charge is 0.409 e. The number of rotatable bonds is 4. The van der Waals surface area contributed by atoms with Crippen LogP contribution >= 0.6 is 35.1 Å². The summed E-state index contributed by atoms with van der Waals surface area (Å²) in [7, 11) is 0. The highest BCUT2D eigenvalue weighted by Crippen LogP contribution is 2.57. The molecule has 0 aromatic heterocycles. The fraction of sp³-hybridized carbons (Fsp3) is 0.391. The van der Waals surface area contributed by atoms with Gasteiger partial charge in [0.25, 0.3) is 0 Å². The normalized spacial score (nSPS) is 24.7. The molecule has 1 saturated heterocycles. The summed E-state index contributed by atoms with van der Waals surface area (Å²) in [5.74, 6) is -2.25. The number of carbonyl (C=O) groups is 1. The molecule has 2 aromatic carbocycles. The minimum absolute atomic E-state index is 0.0172. The molecule has 0 aliphatic carbocycles. The molecule has 5 rings (SSSR count). The molecule has 3 heterocycles. The maximum atomic E-state index is 14.4. The van der Waals surface area contributed by atoms with E-state index in [1.165, 1.54) is 12.1 Å². The molecule has 1 spiro atoms. The van der Waals surface area contributed by atoms with Gasteiger partial charge in [0.2, 0.25) is 0 Å². The Morgan fingerprint density at radius 1 is 1.11 bits per heavy atom. The molecule has 1 N–H and O–H groups in total. The van der Waals surface area contributed by atoms with Crippen molar-refractivity contribution in [1.29, 1.82) is 0 Å². The van der Waals surface area contributed by atoms with Crippen LogP contribution in [0.4, 0.5) is 30.7 Å². The standard InChI is InChI=1S/C23H15Cl2F7N2O2S/c24-14-4-11(5-15(25)18(14)26)21(23(30,31)32)6-16(34-37-21)10-1-2-13-12(3-10)19(17(35)7-22(27,28)29)36-20(13)8-33-9-20/h1-5,19,33H,6-9H2/t19-,21?/m0/s1. The number of ether oxygens (including phenoxy) is 1. The van der Waals surface area contributed by atoms with E-state index in [-0.39, 0.29) is 41.9 Å². The number of Topliss-reactive ketones (excluding diaryl/α,β-unsaturated/α-hetero) is 1. The van der Waals surface area contributed by atoms with Gasteiger partial charge in [-0.3, -0.25) is 4.79 Å². The lowest BCUT2D eigenvalue weighted by molar-refractivity contribution is -0.170. The Labute approximate surface area is 219 Å². The van der Waals surface area contributed by atoms with Crippen LogP contribution in [0.3, 0.4) is 0 Å². The highest BCUT2D eigenvalue weighted by atomic mass is 35.5. The van der Waals surface area contributed by atoms with Crippen LogP contribution in [0.2, 0.25) is 10.0 Å². The molecular formula is C23H15Cl2F7N2O2S. The van der Waals surface area contributed by atoms with Crippen LogP contribution in [0.25, 0.3) is 0 Å². The van der Waals surface area contributed by atoms with Gasteiger partial charge in [-0.05, 0) is 52.4 Å². The summed E-state index contributed by atoms with van der Waals surface area (Å²) in [5, 5.41) is 1.80. The molecule has 0 bridgehead atoms. The first-order chi connectivity index (χ1) is 17.2. The second kappa shape index (κ2) is 8.84. The number of benzene rings is 2. The van der Waals surface area contributed by atoms with Gasteiger partial charge >= 0.3 is 12.4 Å². The maximum Gasteiger partial charge on any atom is 0.409 e. The first-order valence-electron chi connectivity index (χ1n) is 10.8. The van der Waals surface area contributed by atoms with Gasteiger partial charge in [0.15, 0.2) is 16.3 Å². The topological polar surface area (TPSA) is 50.7 Å². The summed E-state index contributed by atoms with van der Waals surface area (Å²) in [5.41, 5.74) is -0.545. The summed E-state index contributed by atoms with van der Waals surface area (Å²) in [4.78, 5) is 12.5. The average molecular weight is 587 g/mol. The van der Waals surface area contributed by atoms with E-state index in [0.29, 0.717) is 5.56 Å². The van der Waals surface area contributed by atoms with Crippen molar-refractivity contribution in [3.63, 3.8) is 0 Å². The number of halogens is 9. The van der Waals surface area contributed by atoms with Gasteiger partial charge in [-0.15, -0.1) is 0 Å². The Morgan fingerprint density at radius 2 is 1.76 bits per heavy atom. The maximum absolute atomic E-state index is 14.4. The van der Waals surface area contributed by atoms with Crippen LogP contribution in [-0.2, 0) is 19.9 Å². The van der Waals surface area contributed by atoms with E-state index < -0.39 is 68.9 Å². The van der Waals surface area contributed by atoms with E-state index in [1.807, 2.05) is 0 Å². The zero-order valence-electron chi connectivity index (χ0n) is 18.4. The molecular weight excluding hydrogens is 572 g/mol. The van der Waals surface area contributed by atoms with E-state index in [4.69, 9.17) is 27.9 Å². The number of ketones is 1. The molecule has 2 atom stereocenters. The SMILES string of the molecule is O=C(CC(F)(F)F)[C@H]1OC2(CNC2)c2ccc(C3=NSC(c4cc(Cl)c(F)c(Cl)c4)(C(F)(F)F)C3)cc21. The van der Waals surface area contributed by atoms with Crippen molar-refractivity contribution in [2.75, 3.05) is 13.1 Å². The van der Waals surface area contributed by atoms with Gasteiger partial charge in [-0.1, -0.05) is 35.3 Å². The van der Waals surface area contributed by atoms with E-state index in [0.717, 1.165) is 12.1 Å². The highest BCUT2D eigenvalue weighted by molar-refractivity contribution is 7.99. The van der Waals surface area contributed by atoms with Crippen molar-refractivity contribution in [3.8, 4) is 0 Å². The number of hydrogen-bond acceptors (Lipinski definition) is 5.